The van der Waals surface area contributed by atoms with Crippen LogP contribution >= 0.6 is 0 Å². The smallest absolute Gasteiger partial charge is 0.102 e. The highest BCUT2D eigenvalue weighted by atomic mass is 16.5. The summed E-state index contributed by atoms with van der Waals surface area (Å²) in [5, 5.41) is 11.8. The summed E-state index contributed by atoms with van der Waals surface area (Å²) in [7, 11) is 0. The molecule has 0 aromatic rings. The van der Waals surface area contributed by atoms with Crippen molar-refractivity contribution in [1.29, 1.82) is 0 Å². The van der Waals surface area contributed by atoms with Gasteiger partial charge in [0.25, 0.3) is 0 Å². The highest BCUT2D eigenvalue weighted by molar-refractivity contribution is 4.47. The lowest BCUT2D eigenvalue weighted by Crippen LogP contribution is -2.26. The first-order valence-electron chi connectivity index (χ1n) is 5.12. The standard InChI is InChI=1S/C10H23NO2/c1-9(2)5-8-13-7-4-6-11-10(3)12/h9-12H,4-8H2,1-3H3. The van der Waals surface area contributed by atoms with E-state index in [-0.39, 0.29) is 0 Å². The molecule has 0 heterocycles. The van der Waals surface area contributed by atoms with Gasteiger partial charge in [0.1, 0.15) is 6.23 Å². The Bertz CT molecular complexity index is 93.1. The lowest BCUT2D eigenvalue weighted by atomic mass is 10.1. The predicted molar refractivity (Wildman–Crippen MR) is 54.6 cm³/mol. The average molecular weight is 189 g/mol. The molecule has 0 aliphatic heterocycles. The average Bonchev–Trinajstić information content (AvgIpc) is 2.01. The van der Waals surface area contributed by atoms with Crippen LogP contribution in [-0.2, 0) is 4.74 Å². The number of aliphatic hydroxyl groups excluding tert-OH is 1. The summed E-state index contributed by atoms with van der Waals surface area (Å²) in [5.74, 6) is 0.718. The molecule has 0 bridgehead atoms. The lowest BCUT2D eigenvalue weighted by molar-refractivity contribution is 0.112. The van der Waals surface area contributed by atoms with Gasteiger partial charge in [-0.2, -0.15) is 0 Å². The molecule has 13 heavy (non-hydrogen) atoms. The summed E-state index contributed by atoms with van der Waals surface area (Å²) in [6.45, 7) is 8.56. The molecule has 0 saturated carbocycles. The van der Waals surface area contributed by atoms with E-state index in [0.29, 0.717) is 0 Å². The van der Waals surface area contributed by atoms with Gasteiger partial charge >= 0.3 is 0 Å². The topological polar surface area (TPSA) is 41.5 Å². The largest absolute Gasteiger partial charge is 0.381 e. The predicted octanol–water partition coefficient (Wildman–Crippen LogP) is 1.37. The molecular weight excluding hydrogens is 166 g/mol. The number of hydrogen-bond donors (Lipinski definition) is 2. The SMILES string of the molecule is CC(C)CCOCCCNC(C)O. The normalized spacial score (nSPS) is 13.6. The molecule has 0 spiro atoms. The second-order valence-corrected chi connectivity index (χ2v) is 3.78. The van der Waals surface area contributed by atoms with Crippen molar-refractivity contribution in [3.8, 4) is 0 Å². The summed E-state index contributed by atoms with van der Waals surface area (Å²) < 4.78 is 5.40. The molecule has 0 radical (unpaired) electrons. The second kappa shape index (κ2) is 8.48. The molecule has 3 heteroatoms. The number of aliphatic hydroxyl groups is 1. The summed E-state index contributed by atoms with van der Waals surface area (Å²) in [4.78, 5) is 0. The van der Waals surface area contributed by atoms with Crippen molar-refractivity contribution >= 4 is 0 Å². The van der Waals surface area contributed by atoms with Gasteiger partial charge in [-0.25, -0.2) is 0 Å². The van der Waals surface area contributed by atoms with E-state index in [0.717, 1.165) is 38.5 Å². The van der Waals surface area contributed by atoms with Gasteiger partial charge in [-0.05, 0) is 32.2 Å². The first-order valence-corrected chi connectivity index (χ1v) is 5.12. The van der Waals surface area contributed by atoms with E-state index in [1.54, 1.807) is 6.92 Å². The third-order valence-electron chi connectivity index (χ3n) is 1.74. The van der Waals surface area contributed by atoms with Gasteiger partial charge in [-0.3, -0.25) is 5.32 Å². The van der Waals surface area contributed by atoms with Crippen molar-refractivity contribution < 1.29 is 9.84 Å². The molecule has 0 aliphatic rings. The summed E-state index contributed by atoms with van der Waals surface area (Å²) >= 11 is 0. The fourth-order valence-corrected chi connectivity index (χ4v) is 0.906. The van der Waals surface area contributed by atoms with Crippen LogP contribution in [0.1, 0.15) is 33.6 Å². The molecule has 1 atom stereocenters. The minimum absolute atomic E-state index is 0.407. The van der Waals surface area contributed by atoms with Crippen molar-refractivity contribution in [2.75, 3.05) is 19.8 Å². The van der Waals surface area contributed by atoms with Crippen LogP contribution in [0.15, 0.2) is 0 Å². The van der Waals surface area contributed by atoms with E-state index in [9.17, 15) is 0 Å². The van der Waals surface area contributed by atoms with Crippen LogP contribution in [0.25, 0.3) is 0 Å². The Morgan fingerprint density at radius 1 is 1.23 bits per heavy atom. The van der Waals surface area contributed by atoms with Gasteiger partial charge < -0.3 is 9.84 Å². The van der Waals surface area contributed by atoms with Crippen LogP contribution in [0, 0.1) is 5.92 Å². The fourth-order valence-electron chi connectivity index (χ4n) is 0.906. The molecule has 3 nitrogen and oxygen atoms in total. The highest BCUT2D eigenvalue weighted by Crippen LogP contribution is 1.98. The Balaban J connectivity index is 2.92. The zero-order valence-corrected chi connectivity index (χ0v) is 9.05. The lowest BCUT2D eigenvalue weighted by Gasteiger charge is -2.08. The Morgan fingerprint density at radius 2 is 1.92 bits per heavy atom. The highest BCUT2D eigenvalue weighted by Gasteiger charge is 1.95. The minimum Gasteiger partial charge on any atom is -0.381 e. The van der Waals surface area contributed by atoms with Crippen molar-refractivity contribution in [1.82, 2.24) is 5.32 Å². The van der Waals surface area contributed by atoms with Crippen molar-refractivity contribution in [2.45, 2.75) is 39.8 Å². The molecule has 80 valence electrons. The molecule has 2 N–H and O–H groups in total. The monoisotopic (exact) mass is 189 g/mol. The first-order chi connectivity index (χ1) is 6.13. The third-order valence-corrected chi connectivity index (χ3v) is 1.74. The van der Waals surface area contributed by atoms with Crippen LogP contribution in [-0.4, -0.2) is 31.1 Å². The van der Waals surface area contributed by atoms with Crippen LogP contribution in [0.4, 0.5) is 0 Å². The molecule has 0 rings (SSSR count). The van der Waals surface area contributed by atoms with Crippen LogP contribution in [0.3, 0.4) is 0 Å². The Kier molecular flexibility index (Phi) is 8.40. The Labute approximate surface area is 81.5 Å². The maximum Gasteiger partial charge on any atom is 0.102 e. The van der Waals surface area contributed by atoms with Gasteiger partial charge in [0.15, 0.2) is 0 Å². The van der Waals surface area contributed by atoms with E-state index >= 15 is 0 Å². The Morgan fingerprint density at radius 3 is 2.46 bits per heavy atom. The van der Waals surface area contributed by atoms with E-state index in [1.165, 1.54) is 0 Å². The van der Waals surface area contributed by atoms with Crippen LogP contribution in [0.2, 0.25) is 0 Å². The van der Waals surface area contributed by atoms with Crippen molar-refractivity contribution in [3.63, 3.8) is 0 Å². The van der Waals surface area contributed by atoms with E-state index < -0.39 is 6.23 Å². The number of nitrogens with one attached hydrogen (secondary N) is 1. The molecular formula is C10H23NO2. The second-order valence-electron chi connectivity index (χ2n) is 3.78. The van der Waals surface area contributed by atoms with Crippen molar-refractivity contribution in [2.24, 2.45) is 5.92 Å². The maximum atomic E-state index is 8.88. The molecule has 0 fully saturated rings. The number of hydrogen-bond acceptors (Lipinski definition) is 3. The zero-order chi connectivity index (χ0) is 10.1. The summed E-state index contributed by atoms with van der Waals surface area (Å²) in [6.07, 6.45) is 1.68. The van der Waals surface area contributed by atoms with Gasteiger partial charge in [-0.1, -0.05) is 13.8 Å². The summed E-state index contributed by atoms with van der Waals surface area (Å²) in [6, 6.07) is 0. The van der Waals surface area contributed by atoms with Gasteiger partial charge in [0.2, 0.25) is 0 Å². The van der Waals surface area contributed by atoms with Gasteiger partial charge in [-0.15, -0.1) is 0 Å². The quantitative estimate of drug-likeness (QED) is 0.447. The van der Waals surface area contributed by atoms with Gasteiger partial charge in [0, 0.05) is 13.2 Å². The fraction of sp³-hybridized carbons (Fsp3) is 1.00. The Hall–Kier alpha value is -0.120. The number of ether oxygens (including phenoxy) is 1. The minimum atomic E-state index is -0.407. The molecule has 0 amide bonds. The van der Waals surface area contributed by atoms with E-state index in [2.05, 4.69) is 19.2 Å². The van der Waals surface area contributed by atoms with Crippen LogP contribution in [0.5, 0.6) is 0 Å². The van der Waals surface area contributed by atoms with E-state index in [1.807, 2.05) is 0 Å². The molecule has 0 aromatic heterocycles. The van der Waals surface area contributed by atoms with Crippen LogP contribution < -0.4 is 5.32 Å². The molecule has 1 unspecified atom stereocenters. The van der Waals surface area contributed by atoms with Gasteiger partial charge in [0.05, 0.1) is 0 Å². The van der Waals surface area contributed by atoms with E-state index in [4.69, 9.17) is 9.84 Å². The molecule has 0 aromatic carbocycles. The van der Waals surface area contributed by atoms with Crippen molar-refractivity contribution in [3.05, 3.63) is 0 Å². The molecule has 0 saturated heterocycles. The summed E-state index contributed by atoms with van der Waals surface area (Å²) in [5.41, 5.74) is 0. The zero-order valence-electron chi connectivity index (χ0n) is 9.05. The third kappa shape index (κ3) is 11.9. The first kappa shape index (κ1) is 12.9. The number of rotatable bonds is 8. The molecule has 0 aliphatic carbocycles. The maximum absolute atomic E-state index is 8.88.